The van der Waals surface area contributed by atoms with Crippen LogP contribution in [0.15, 0.2) is 41.5 Å². The molecule has 7 nitrogen and oxygen atoms in total. The molecule has 0 aliphatic carbocycles. The molecule has 1 aromatic heterocycles. The summed E-state index contributed by atoms with van der Waals surface area (Å²) < 4.78 is 5.72. The number of aromatic nitrogens is 2. The Hall–Kier alpha value is -3.16. The van der Waals surface area contributed by atoms with E-state index in [0.717, 1.165) is 16.8 Å². The van der Waals surface area contributed by atoms with Crippen LogP contribution in [0.4, 0.5) is 17.3 Å². The summed E-state index contributed by atoms with van der Waals surface area (Å²) in [5.74, 6) is 0.207. The number of para-hydroxylation sites is 1. The molecule has 0 saturated carbocycles. The van der Waals surface area contributed by atoms with E-state index in [-0.39, 0.29) is 24.1 Å². The van der Waals surface area contributed by atoms with Gasteiger partial charge in [0.2, 0.25) is 11.8 Å². The number of benzene rings is 2. The Morgan fingerprint density at radius 3 is 2.80 bits per heavy atom. The molecule has 3 heterocycles. The highest BCUT2D eigenvalue weighted by atomic mass is 35.5. The van der Waals surface area contributed by atoms with E-state index in [1.807, 2.05) is 25.3 Å². The number of nitrogens with zero attached hydrogens (tertiary/aromatic N) is 4. The van der Waals surface area contributed by atoms with Gasteiger partial charge in [0.1, 0.15) is 5.56 Å². The van der Waals surface area contributed by atoms with Gasteiger partial charge in [-0.3, -0.25) is 14.7 Å². The lowest BCUT2D eigenvalue weighted by Crippen LogP contribution is -2.39. The first-order valence-corrected chi connectivity index (χ1v) is 9.93. The Kier molecular flexibility index (Phi) is 4.56. The lowest BCUT2D eigenvalue weighted by Gasteiger charge is -2.29. The van der Waals surface area contributed by atoms with E-state index < -0.39 is 0 Å². The van der Waals surface area contributed by atoms with E-state index in [1.54, 1.807) is 18.2 Å². The predicted octanol–water partition coefficient (Wildman–Crippen LogP) is 4.76. The lowest BCUT2D eigenvalue weighted by molar-refractivity contribution is 0.0932. The van der Waals surface area contributed by atoms with Gasteiger partial charge >= 0.3 is 0 Å². The second-order valence-corrected chi connectivity index (χ2v) is 7.76. The molecule has 2 aliphatic heterocycles. The van der Waals surface area contributed by atoms with Crippen molar-refractivity contribution in [1.82, 2.24) is 9.97 Å². The molecule has 30 heavy (non-hydrogen) atoms. The number of aliphatic imine (C=N–C) groups is 1. The van der Waals surface area contributed by atoms with Crippen molar-refractivity contribution < 1.29 is 9.53 Å². The molecule has 0 spiro atoms. The van der Waals surface area contributed by atoms with Crippen LogP contribution in [-0.4, -0.2) is 28.8 Å². The maximum absolute atomic E-state index is 13.0. The summed E-state index contributed by atoms with van der Waals surface area (Å²) in [4.78, 5) is 27.3. The van der Waals surface area contributed by atoms with Gasteiger partial charge in [-0.1, -0.05) is 29.3 Å². The minimum Gasteiger partial charge on any atom is -0.455 e. The molecule has 0 fully saturated rings. The van der Waals surface area contributed by atoms with Crippen LogP contribution in [-0.2, 0) is 6.54 Å². The standard InChI is InChI=1S/C21H15Cl2N5O2/c1-11-5-13(6-12-7-24-8-14(11)12)26-21-25-9-15-19(27-21)30-10-28(20(15)29)18-16(22)3-2-4-17(18)23/h2-7,9H,8,10H2,1H3,(H,25,26,27). The number of hydrogen-bond acceptors (Lipinski definition) is 6. The Morgan fingerprint density at radius 1 is 1.20 bits per heavy atom. The average molecular weight is 440 g/mol. The quantitative estimate of drug-likeness (QED) is 0.635. The molecular weight excluding hydrogens is 425 g/mol. The number of nitrogens with one attached hydrogen (secondary N) is 1. The van der Waals surface area contributed by atoms with Gasteiger partial charge in [-0.05, 0) is 47.9 Å². The van der Waals surface area contributed by atoms with Gasteiger partial charge in [0.05, 0.1) is 22.3 Å². The second-order valence-electron chi connectivity index (χ2n) is 6.95. The van der Waals surface area contributed by atoms with Gasteiger partial charge in [0, 0.05) is 18.1 Å². The fraction of sp³-hybridized carbons (Fsp3) is 0.143. The van der Waals surface area contributed by atoms with Crippen molar-refractivity contribution in [3.8, 4) is 5.88 Å². The first kappa shape index (κ1) is 18.8. The van der Waals surface area contributed by atoms with E-state index in [2.05, 4.69) is 20.3 Å². The monoisotopic (exact) mass is 439 g/mol. The molecule has 0 radical (unpaired) electrons. The molecule has 9 heteroatoms. The molecule has 1 amide bonds. The molecule has 150 valence electrons. The van der Waals surface area contributed by atoms with E-state index in [1.165, 1.54) is 16.7 Å². The number of ether oxygens (including phenoxy) is 1. The summed E-state index contributed by atoms with van der Waals surface area (Å²) in [6, 6.07) is 9.06. The summed E-state index contributed by atoms with van der Waals surface area (Å²) in [5, 5.41) is 3.89. The Labute approximate surface area is 182 Å². The zero-order valence-electron chi connectivity index (χ0n) is 15.8. The maximum atomic E-state index is 13.0. The highest BCUT2D eigenvalue weighted by molar-refractivity contribution is 6.40. The van der Waals surface area contributed by atoms with Crippen LogP contribution in [0.2, 0.25) is 10.0 Å². The molecule has 5 rings (SSSR count). The number of halogens is 2. The number of carbonyl (C=O) groups is 1. The molecular formula is C21H15Cl2N5O2. The maximum Gasteiger partial charge on any atom is 0.268 e. The van der Waals surface area contributed by atoms with Gasteiger partial charge in [-0.15, -0.1) is 0 Å². The van der Waals surface area contributed by atoms with Gasteiger partial charge in [-0.25, -0.2) is 4.98 Å². The number of aryl methyl sites for hydroxylation is 1. The van der Waals surface area contributed by atoms with Crippen molar-refractivity contribution in [2.75, 3.05) is 16.9 Å². The third kappa shape index (κ3) is 3.16. The predicted molar refractivity (Wildman–Crippen MR) is 117 cm³/mol. The molecule has 0 unspecified atom stereocenters. The third-order valence-corrected chi connectivity index (χ3v) is 5.62. The van der Waals surface area contributed by atoms with Crippen molar-refractivity contribution in [2.45, 2.75) is 13.5 Å². The zero-order chi connectivity index (χ0) is 20.8. The average Bonchev–Trinajstić information content (AvgIpc) is 3.19. The number of anilines is 3. The first-order valence-electron chi connectivity index (χ1n) is 9.17. The largest absolute Gasteiger partial charge is 0.455 e. The van der Waals surface area contributed by atoms with E-state index in [0.29, 0.717) is 28.2 Å². The van der Waals surface area contributed by atoms with Crippen LogP contribution in [0.25, 0.3) is 0 Å². The third-order valence-electron chi connectivity index (χ3n) is 5.01. The summed E-state index contributed by atoms with van der Waals surface area (Å²) in [6.07, 6.45) is 3.29. The fourth-order valence-electron chi connectivity index (χ4n) is 3.54. The first-order chi connectivity index (χ1) is 14.5. The van der Waals surface area contributed by atoms with Crippen molar-refractivity contribution in [1.29, 1.82) is 0 Å². The molecule has 2 aliphatic rings. The second kappa shape index (κ2) is 7.27. The number of hydrogen-bond donors (Lipinski definition) is 1. The van der Waals surface area contributed by atoms with Crippen LogP contribution in [0.1, 0.15) is 27.0 Å². The molecule has 2 aromatic carbocycles. The highest BCUT2D eigenvalue weighted by Crippen LogP contribution is 2.37. The number of carbonyl (C=O) groups excluding carboxylic acids is 1. The van der Waals surface area contributed by atoms with Crippen molar-refractivity contribution >= 4 is 52.6 Å². The molecule has 1 N–H and O–H groups in total. The minimum absolute atomic E-state index is 0.0554. The van der Waals surface area contributed by atoms with Gasteiger partial charge in [-0.2, -0.15) is 4.98 Å². The SMILES string of the molecule is Cc1cc(Nc2ncc3c(n2)OCN(c2c(Cl)cccc2Cl)C3=O)cc2c1CN=C2. The number of rotatable bonds is 3. The summed E-state index contributed by atoms with van der Waals surface area (Å²) in [7, 11) is 0. The van der Waals surface area contributed by atoms with E-state index >= 15 is 0 Å². The normalized spacial score (nSPS) is 14.4. The molecule has 3 aromatic rings. The smallest absolute Gasteiger partial charge is 0.268 e. The number of amides is 1. The van der Waals surface area contributed by atoms with Gasteiger partial charge < -0.3 is 10.1 Å². The van der Waals surface area contributed by atoms with E-state index in [4.69, 9.17) is 27.9 Å². The molecule has 0 atom stereocenters. The summed E-state index contributed by atoms with van der Waals surface area (Å²) >= 11 is 12.5. The van der Waals surface area contributed by atoms with E-state index in [9.17, 15) is 4.79 Å². The van der Waals surface area contributed by atoms with Crippen LogP contribution >= 0.6 is 23.2 Å². The van der Waals surface area contributed by atoms with Crippen LogP contribution < -0.4 is 15.0 Å². The molecule has 0 bridgehead atoms. The molecule has 0 saturated heterocycles. The summed E-state index contributed by atoms with van der Waals surface area (Å²) in [6.45, 7) is 2.70. The Bertz CT molecular complexity index is 1210. The highest BCUT2D eigenvalue weighted by Gasteiger charge is 2.31. The zero-order valence-corrected chi connectivity index (χ0v) is 17.3. The Morgan fingerprint density at radius 2 is 2.00 bits per heavy atom. The fourth-order valence-corrected chi connectivity index (χ4v) is 4.14. The summed E-state index contributed by atoms with van der Waals surface area (Å²) in [5.41, 5.74) is 4.91. The van der Waals surface area contributed by atoms with Gasteiger partial charge in [0.15, 0.2) is 6.73 Å². The lowest BCUT2D eigenvalue weighted by atomic mass is 10.0. The van der Waals surface area contributed by atoms with Crippen molar-refractivity contribution in [3.05, 3.63) is 68.8 Å². The Balaban J connectivity index is 1.43. The minimum atomic E-state index is -0.331. The van der Waals surface area contributed by atoms with Crippen molar-refractivity contribution in [3.63, 3.8) is 0 Å². The van der Waals surface area contributed by atoms with Crippen LogP contribution in [0.5, 0.6) is 5.88 Å². The van der Waals surface area contributed by atoms with Crippen LogP contribution in [0.3, 0.4) is 0 Å². The van der Waals surface area contributed by atoms with Gasteiger partial charge in [0.25, 0.3) is 5.91 Å². The van der Waals surface area contributed by atoms with Crippen molar-refractivity contribution in [2.24, 2.45) is 4.99 Å². The number of fused-ring (bicyclic) bond motifs is 2. The topological polar surface area (TPSA) is 79.7 Å². The van der Waals surface area contributed by atoms with Crippen LogP contribution in [0, 0.1) is 6.92 Å².